The fraction of sp³-hybridized carbons (Fsp3) is 0.200. The highest BCUT2D eigenvalue weighted by molar-refractivity contribution is 9.10. The van der Waals surface area contributed by atoms with E-state index in [0.29, 0.717) is 5.75 Å². The first kappa shape index (κ1) is 13.1. The summed E-state index contributed by atoms with van der Waals surface area (Å²) in [6.07, 6.45) is 0. The number of phenols is 1. The van der Waals surface area contributed by atoms with Gasteiger partial charge in [-0.05, 0) is 42.3 Å². The average molecular weight is 306 g/mol. The van der Waals surface area contributed by atoms with Crippen LogP contribution >= 0.6 is 15.9 Å². The zero-order valence-electron chi connectivity index (χ0n) is 10.2. The molecule has 0 aliphatic carbocycles. The largest absolute Gasteiger partial charge is 0.508 e. The van der Waals surface area contributed by atoms with Gasteiger partial charge in [0.2, 0.25) is 0 Å². The molecule has 0 saturated heterocycles. The summed E-state index contributed by atoms with van der Waals surface area (Å²) in [6.45, 7) is 2.87. The summed E-state index contributed by atoms with van der Waals surface area (Å²) in [7, 11) is 0. The molecule has 0 radical (unpaired) electrons. The monoisotopic (exact) mass is 305 g/mol. The Kier molecular flexibility index (Phi) is 4.39. The summed E-state index contributed by atoms with van der Waals surface area (Å²) >= 11 is 3.48. The SMILES string of the molecule is CC(NCc1cccc(O)c1)c1cccc(Br)c1. The van der Waals surface area contributed by atoms with Crippen molar-refractivity contribution in [2.24, 2.45) is 0 Å². The van der Waals surface area contributed by atoms with Gasteiger partial charge in [0.25, 0.3) is 0 Å². The number of rotatable bonds is 4. The number of aromatic hydroxyl groups is 1. The van der Waals surface area contributed by atoms with Crippen LogP contribution in [0.1, 0.15) is 24.1 Å². The second-order valence-corrected chi connectivity index (χ2v) is 5.24. The smallest absolute Gasteiger partial charge is 0.115 e. The number of hydrogen-bond donors (Lipinski definition) is 2. The Morgan fingerprint density at radius 3 is 2.67 bits per heavy atom. The van der Waals surface area contributed by atoms with E-state index in [1.807, 2.05) is 24.3 Å². The van der Waals surface area contributed by atoms with Crippen molar-refractivity contribution in [3.8, 4) is 5.75 Å². The van der Waals surface area contributed by atoms with E-state index >= 15 is 0 Å². The van der Waals surface area contributed by atoms with E-state index in [1.165, 1.54) is 5.56 Å². The Labute approximate surface area is 116 Å². The topological polar surface area (TPSA) is 32.3 Å². The lowest BCUT2D eigenvalue weighted by Crippen LogP contribution is -2.17. The van der Waals surface area contributed by atoms with Gasteiger partial charge < -0.3 is 10.4 Å². The fourth-order valence-electron chi connectivity index (χ4n) is 1.83. The van der Waals surface area contributed by atoms with Crippen molar-refractivity contribution in [3.05, 3.63) is 64.1 Å². The lowest BCUT2D eigenvalue weighted by Gasteiger charge is -2.14. The van der Waals surface area contributed by atoms with Crippen molar-refractivity contribution < 1.29 is 5.11 Å². The van der Waals surface area contributed by atoms with Crippen LogP contribution < -0.4 is 5.32 Å². The molecule has 18 heavy (non-hydrogen) atoms. The van der Waals surface area contributed by atoms with E-state index in [1.54, 1.807) is 12.1 Å². The number of phenolic OH excluding ortho intramolecular Hbond substituents is 1. The van der Waals surface area contributed by atoms with E-state index in [9.17, 15) is 5.11 Å². The predicted molar refractivity (Wildman–Crippen MR) is 77.5 cm³/mol. The van der Waals surface area contributed by atoms with Crippen molar-refractivity contribution in [3.63, 3.8) is 0 Å². The first-order valence-electron chi connectivity index (χ1n) is 5.92. The second-order valence-electron chi connectivity index (χ2n) is 4.33. The molecule has 2 N–H and O–H groups in total. The highest BCUT2D eigenvalue weighted by Gasteiger charge is 2.05. The van der Waals surface area contributed by atoms with Gasteiger partial charge in [0.1, 0.15) is 5.75 Å². The maximum atomic E-state index is 9.40. The summed E-state index contributed by atoms with van der Waals surface area (Å²) in [5.41, 5.74) is 2.32. The van der Waals surface area contributed by atoms with Gasteiger partial charge in [-0.25, -0.2) is 0 Å². The van der Waals surface area contributed by atoms with Crippen molar-refractivity contribution in [1.82, 2.24) is 5.32 Å². The van der Waals surface area contributed by atoms with Crippen LogP contribution in [0.15, 0.2) is 53.0 Å². The van der Waals surface area contributed by atoms with Gasteiger partial charge in [0, 0.05) is 17.1 Å². The molecule has 1 unspecified atom stereocenters. The summed E-state index contributed by atoms with van der Waals surface area (Å²) in [5, 5.41) is 12.8. The fourth-order valence-corrected chi connectivity index (χ4v) is 2.25. The van der Waals surface area contributed by atoms with Crippen LogP contribution in [0.4, 0.5) is 0 Å². The molecule has 3 heteroatoms. The molecule has 0 fully saturated rings. The van der Waals surface area contributed by atoms with Crippen LogP contribution in [0.3, 0.4) is 0 Å². The van der Waals surface area contributed by atoms with Gasteiger partial charge in [0.05, 0.1) is 0 Å². The molecular formula is C15H16BrNO. The average Bonchev–Trinajstić information content (AvgIpc) is 2.36. The Hall–Kier alpha value is -1.32. The van der Waals surface area contributed by atoms with E-state index in [2.05, 4.69) is 40.3 Å². The first-order valence-corrected chi connectivity index (χ1v) is 6.71. The lowest BCUT2D eigenvalue weighted by atomic mass is 10.1. The van der Waals surface area contributed by atoms with Crippen LogP contribution in [-0.4, -0.2) is 5.11 Å². The molecule has 2 aromatic carbocycles. The van der Waals surface area contributed by atoms with E-state index in [-0.39, 0.29) is 6.04 Å². The van der Waals surface area contributed by atoms with Gasteiger partial charge in [0.15, 0.2) is 0 Å². The molecule has 2 aromatic rings. The standard InChI is InChI=1S/C15H16BrNO/c1-11(13-5-3-6-14(16)9-13)17-10-12-4-2-7-15(18)8-12/h2-9,11,17-18H,10H2,1H3. The van der Waals surface area contributed by atoms with Gasteiger partial charge in [-0.2, -0.15) is 0 Å². The van der Waals surface area contributed by atoms with Gasteiger partial charge in [-0.15, -0.1) is 0 Å². The van der Waals surface area contributed by atoms with Gasteiger partial charge in [-0.1, -0.05) is 40.2 Å². The van der Waals surface area contributed by atoms with Gasteiger partial charge >= 0.3 is 0 Å². The Bertz CT molecular complexity index is 527. The molecular weight excluding hydrogens is 290 g/mol. The maximum absolute atomic E-state index is 9.40. The van der Waals surface area contributed by atoms with E-state index in [0.717, 1.165) is 16.6 Å². The minimum absolute atomic E-state index is 0.268. The molecule has 0 heterocycles. The quantitative estimate of drug-likeness (QED) is 0.894. The summed E-state index contributed by atoms with van der Waals surface area (Å²) < 4.78 is 1.09. The number of nitrogens with one attached hydrogen (secondary N) is 1. The zero-order valence-corrected chi connectivity index (χ0v) is 11.8. The lowest BCUT2D eigenvalue weighted by molar-refractivity contribution is 0.473. The Balaban J connectivity index is 1.98. The second kappa shape index (κ2) is 6.03. The Morgan fingerprint density at radius 1 is 1.17 bits per heavy atom. The molecule has 1 atom stereocenters. The highest BCUT2D eigenvalue weighted by atomic mass is 79.9. The van der Waals surface area contributed by atoms with E-state index < -0.39 is 0 Å². The molecule has 0 bridgehead atoms. The molecule has 0 amide bonds. The van der Waals surface area contributed by atoms with Crippen molar-refractivity contribution >= 4 is 15.9 Å². The maximum Gasteiger partial charge on any atom is 0.115 e. The van der Waals surface area contributed by atoms with Crippen LogP contribution in [0.25, 0.3) is 0 Å². The van der Waals surface area contributed by atoms with Crippen LogP contribution in [-0.2, 0) is 6.54 Å². The number of benzene rings is 2. The predicted octanol–water partition coefficient (Wildman–Crippen LogP) is 4.01. The summed E-state index contributed by atoms with van der Waals surface area (Å²) in [4.78, 5) is 0. The third-order valence-electron chi connectivity index (χ3n) is 2.87. The number of hydrogen-bond acceptors (Lipinski definition) is 2. The summed E-state index contributed by atoms with van der Waals surface area (Å²) in [5.74, 6) is 0.310. The van der Waals surface area contributed by atoms with Gasteiger partial charge in [-0.3, -0.25) is 0 Å². The third kappa shape index (κ3) is 3.59. The zero-order chi connectivity index (χ0) is 13.0. The summed E-state index contributed by atoms with van der Waals surface area (Å²) in [6, 6.07) is 15.9. The molecule has 2 rings (SSSR count). The normalized spacial score (nSPS) is 12.3. The number of halogens is 1. The van der Waals surface area contributed by atoms with Crippen LogP contribution in [0, 0.1) is 0 Å². The van der Waals surface area contributed by atoms with E-state index in [4.69, 9.17) is 0 Å². The highest BCUT2D eigenvalue weighted by Crippen LogP contribution is 2.18. The van der Waals surface area contributed by atoms with Crippen LogP contribution in [0.2, 0.25) is 0 Å². The first-order chi connectivity index (χ1) is 8.65. The van der Waals surface area contributed by atoms with Crippen molar-refractivity contribution in [1.29, 1.82) is 0 Å². The molecule has 0 saturated carbocycles. The molecule has 0 aliphatic rings. The molecule has 0 spiro atoms. The van der Waals surface area contributed by atoms with Crippen LogP contribution in [0.5, 0.6) is 5.75 Å². The van der Waals surface area contributed by atoms with Crippen molar-refractivity contribution in [2.75, 3.05) is 0 Å². The minimum Gasteiger partial charge on any atom is -0.508 e. The molecule has 0 aromatic heterocycles. The molecule has 2 nitrogen and oxygen atoms in total. The Morgan fingerprint density at radius 2 is 1.94 bits per heavy atom. The molecule has 0 aliphatic heterocycles. The third-order valence-corrected chi connectivity index (χ3v) is 3.36. The van der Waals surface area contributed by atoms with Crippen molar-refractivity contribution in [2.45, 2.75) is 19.5 Å². The molecule has 94 valence electrons. The minimum atomic E-state index is 0.268.